The Hall–Kier alpha value is -2.82. The van der Waals surface area contributed by atoms with Crippen molar-refractivity contribution in [2.75, 3.05) is 11.9 Å². The van der Waals surface area contributed by atoms with E-state index in [9.17, 15) is 9.59 Å². The Morgan fingerprint density at radius 3 is 2.62 bits per heavy atom. The molecule has 1 atom stereocenters. The fraction of sp³-hybridized carbons (Fsp3) is 0.263. The molecule has 1 aliphatic heterocycles. The number of hydrogen-bond donors (Lipinski definition) is 2. The number of benzene rings is 2. The predicted molar refractivity (Wildman–Crippen MR) is 92.1 cm³/mol. The van der Waals surface area contributed by atoms with E-state index in [0.717, 1.165) is 5.56 Å². The van der Waals surface area contributed by atoms with E-state index in [4.69, 9.17) is 4.74 Å². The van der Waals surface area contributed by atoms with Gasteiger partial charge in [-0.25, -0.2) is 0 Å². The fourth-order valence-electron chi connectivity index (χ4n) is 2.74. The minimum Gasteiger partial charge on any atom is -0.482 e. The van der Waals surface area contributed by atoms with E-state index in [-0.39, 0.29) is 30.4 Å². The molecule has 24 heavy (non-hydrogen) atoms. The van der Waals surface area contributed by atoms with Gasteiger partial charge >= 0.3 is 0 Å². The van der Waals surface area contributed by atoms with Crippen molar-refractivity contribution in [2.45, 2.75) is 19.9 Å². The van der Waals surface area contributed by atoms with Crippen molar-refractivity contribution in [1.82, 2.24) is 5.32 Å². The summed E-state index contributed by atoms with van der Waals surface area (Å²) < 4.78 is 5.37. The van der Waals surface area contributed by atoms with Gasteiger partial charge in [-0.3, -0.25) is 9.59 Å². The Morgan fingerprint density at radius 1 is 1.17 bits per heavy atom. The first-order chi connectivity index (χ1) is 11.5. The number of anilines is 1. The first-order valence-corrected chi connectivity index (χ1v) is 7.97. The van der Waals surface area contributed by atoms with E-state index < -0.39 is 0 Å². The van der Waals surface area contributed by atoms with E-state index >= 15 is 0 Å². The molecule has 0 aromatic heterocycles. The van der Waals surface area contributed by atoms with Gasteiger partial charge in [0.25, 0.3) is 11.8 Å². The highest BCUT2D eigenvalue weighted by Gasteiger charge is 2.21. The third kappa shape index (κ3) is 3.40. The van der Waals surface area contributed by atoms with Crippen LogP contribution in [0.1, 0.15) is 35.8 Å². The van der Waals surface area contributed by atoms with Crippen molar-refractivity contribution in [2.24, 2.45) is 5.92 Å². The van der Waals surface area contributed by atoms with Gasteiger partial charge < -0.3 is 15.4 Å². The van der Waals surface area contributed by atoms with Crippen LogP contribution in [0.15, 0.2) is 48.5 Å². The van der Waals surface area contributed by atoms with Crippen molar-refractivity contribution >= 4 is 17.5 Å². The molecule has 0 saturated carbocycles. The summed E-state index contributed by atoms with van der Waals surface area (Å²) in [6.07, 6.45) is 0. The van der Waals surface area contributed by atoms with E-state index in [1.807, 2.05) is 30.3 Å². The van der Waals surface area contributed by atoms with Gasteiger partial charge in [0, 0.05) is 5.56 Å². The molecule has 2 aromatic carbocycles. The molecule has 1 aliphatic rings. The Kier molecular flexibility index (Phi) is 4.51. The predicted octanol–water partition coefficient (Wildman–Crippen LogP) is 3.14. The standard InChI is InChI=1S/C19H20N2O3/c1-12(2)18(13-6-4-3-5-7-13)21-19(23)14-8-9-15-16(10-14)24-11-17(22)20-15/h3-10,12,18H,11H2,1-2H3,(H,20,22)(H,21,23). The highest BCUT2D eigenvalue weighted by Crippen LogP contribution is 2.29. The minimum atomic E-state index is -0.191. The molecule has 0 radical (unpaired) electrons. The van der Waals surface area contributed by atoms with Gasteiger partial charge in [-0.05, 0) is 29.7 Å². The summed E-state index contributed by atoms with van der Waals surface area (Å²) in [4.78, 5) is 23.9. The molecule has 1 unspecified atom stereocenters. The zero-order chi connectivity index (χ0) is 17.1. The summed E-state index contributed by atoms with van der Waals surface area (Å²) in [6, 6.07) is 14.9. The van der Waals surface area contributed by atoms with E-state index in [2.05, 4.69) is 24.5 Å². The third-order valence-electron chi connectivity index (χ3n) is 3.99. The van der Waals surface area contributed by atoms with E-state index in [0.29, 0.717) is 17.0 Å². The molecule has 5 nitrogen and oxygen atoms in total. The largest absolute Gasteiger partial charge is 0.482 e. The lowest BCUT2D eigenvalue weighted by atomic mass is 9.95. The molecule has 3 rings (SSSR count). The van der Waals surface area contributed by atoms with E-state index in [1.165, 1.54) is 0 Å². The number of rotatable bonds is 4. The number of carbonyl (C=O) groups is 2. The van der Waals surface area contributed by atoms with Gasteiger partial charge in [0.15, 0.2) is 6.61 Å². The highest BCUT2D eigenvalue weighted by molar-refractivity contribution is 5.99. The first-order valence-electron chi connectivity index (χ1n) is 7.97. The molecule has 124 valence electrons. The number of carbonyl (C=O) groups excluding carboxylic acids is 2. The maximum Gasteiger partial charge on any atom is 0.262 e. The topological polar surface area (TPSA) is 67.4 Å². The van der Waals surface area contributed by atoms with Gasteiger partial charge in [-0.1, -0.05) is 44.2 Å². The van der Waals surface area contributed by atoms with Crippen LogP contribution in [0.4, 0.5) is 5.69 Å². The summed E-state index contributed by atoms with van der Waals surface area (Å²) in [7, 11) is 0. The van der Waals surface area contributed by atoms with Gasteiger partial charge in [-0.2, -0.15) is 0 Å². The molecule has 5 heteroatoms. The van der Waals surface area contributed by atoms with Crippen LogP contribution in [-0.2, 0) is 4.79 Å². The lowest BCUT2D eigenvalue weighted by Crippen LogP contribution is -2.32. The summed E-state index contributed by atoms with van der Waals surface area (Å²) in [6.45, 7) is 4.11. The van der Waals surface area contributed by atoms with Gasteiger partial charge in [0.2, 0.25) is 0 Å². The van der Waals surface area contributed by atoms with Crippen LogP contribution < -0.4 is 15.4 Å². The maximum atomic E-state index is 12.6. The second kappa shape index (κ2) is 6.74. The van der Waals surface area contributed by atoms with Crippen LogP contribution >= 0.6 is 0 Å². The number of amides is 2. The number of hydrogen-bond acceptors (Lipinski definition) is 3. The molecular formula is C19H20N2O3. The summed E-state index contributed by atoms with van der Waals surface area (Å²) >= 11 is 0. The van der Waals surface area contributed by atoms with Gasteiger partial charge in [0.05, 0.1) is 11.7 Å². The Labute approximate surface area is 141 Å². The van der Waals surface area contributed by atoms with Crippen molar-refractivity contribution in [3.05, 3.63) is 59.7 Å². The van der Waals surface area contributed by atoms with Crippen LogP contribution in [0, 0.1) is 5.92 Å². The Morgan fingerprint density at radius 2 is 1.92 bits per heavy atom. The zero-order valence-corrected chi connectivity index (χ0v) is 13.7. The van der Waals surface area contributed by atoms with Crippen LogP contribution in [-0.4, -0.2) is 18.4 Å². The summed E-state index contributed by atoms with van der Waals surface area (Å²) in [5.41, 5.74) is 2.17. The highest BCUT2D eigenvalue weighted by atomic mass is 16.5. The summed E-state index contributed by atoms with van der Waals surface area (Å²) in [5.74, 6) is 0.414. The van der Waals surface area contributed by atoms with Crippen molar-refractivity contribution in [3.63, 3.8) is 0 Å². The average Bonchev–Trinajstić information content (AvgIpc) is 2.59. The lowest BCUT2D eigenvalue weighted by molar-refractivity contribution is -0.118. The Bertz CT molecular complexity index is 756. The molecular weight excluding hydrogens is 304 g/mol. The second-order valence-electron chi connectivity index (χ2n) is 6.15. The maximum absolute atomic E-state index is 12.6. The molecule has 1 heterocycles. The van der Waals surface area contributed by atoms with Crippen molar-refractivity contribution < 1.29 is 14.3 Å². The fourth-order valence-corrected chi connectivity index (χ4v) is 2.74. The molecule has 0 saturated heterocycles. The number of fused-ring (bicyclic) bond motifs is 1. The van der Waals surface area contributed by atoms with Gasteiger partial charge in [0.1, 0.15) is 5.75 Å². The number of nitrogens with one attached hydrogen (secondary N) is 2. The zero-order valence-electron chi connectivity index (χ0n) is 13.7. The van der Waals surface area contributed by atoms with Crippen LogP contribution in [0.2, 0.25) is 0 Å². The monoisotopic (exact) mass is 324 g/mol. The van der Waals surface area contributed by atoms with Crippen LogP contribution in [0.3, 0.4) is 0 Å². The minimum absolute atomic E-state index is 0.0310. The molecule has 0 spiro atoms. The third-order valence-corrected chi connectivity index (χ3v) is 3.99. The van der Waals surface area contributed by atoms with Crippen molar-refractivity contribution in [1.29, 1.82) is 0 Å². The molecule has 2 N–H and O–H groups in total. The molecule has 0 fully saturated rings. The van der Waals surface area contributed by atoms with Crippen LogP contribution in [0.25, 0.3) is 0 Å². The van der Waals surface area contributed by atoms with Crippen molar-refractivity contribution in [3.8, 4) is 5.75 Å². The molecule has 0 aliphatic carbocycles. The number of ether oxygens (including phenoxy) is 1. The smallest absolute Gasteiger partial charge is 0.262 e. The van der Waals surface area contributed by atoms with E-state index in [1.54, 1.807) is 18.2 Å². The first kappa shape index (κ1) is 16.1. The average molecular weight is 324 g/mol. The summed E-state index contributed by atoms with van der Waals surface area (Å²) in [5, 5.41) is 5.80. The second-order valence-corrected chi connectivity index (χ2v) is 6.15. The molecule has 2 amide bonds. The van der Waals surface area contributed by atoms with Gasteiger partial charge in [-0.15, -0.1) is 0 Å². The van der Waals surface area contributed by atoms with Crippen LogP contribution in [0.5, 0.6) is 5.75 Å². The Balaban J connectivity index is 1.80. The SMILES string of the molecule is CC(C)C(NC(=O)c1ccc2c(c1)OCC(=O)N2)c1ccccc1. The normalized spacial score (nSPS) is 14.4. The quantitative estimate of drug-likeness (QED) is 0.908. The molecule has 0 bridgehead atoms. The molecule has 2 aromatic rings. The lowest BCUT2D eigenvalue weighted by Gasteiger charge is -2.23.